The zero-order valence-corrected chi connectivity index (χ0v) is 11.4. The smallest absolute Gasteiger partial charge is 0.129 e. The van der Waals surface area contributed by atoms with E-state index in [2.05, 4.69) is 0 Å². The van der Waals surface area contributed by atoms with E-state index >= 15 is 0 Å². The molecule has 0 radical (unpaired) electrons. The Hall–Kier alpha value is -1.12. The molecule has 1 saturated heterocycles. The molecule has 4 atom stereocenters. The number of piperidine rings is 1. The van der Waals surface area contributed by atoms with E-state index in [1.165, 1.54) is 11.0 Å². The monoisotopic (exact) mass is 303 g/mol. The van der Waals surface area contributed by atoms with E-state index in [4.69, 9.17) is 0 Å². The van der Waals surface area contributed by atoms with Gasteiger partial charge in [0, 0.05) is 18.7 Å². The maximum absolute atomic E-state index is 13.6. The van der Waals surface area contributed by atoms with Crippen molar-refractivity contribution in [1.82, 2.24) is 4.90 Å². The Kier molecular flexibility index (Phi) is 5.23. The van der Waals surface area contributed by atoms with Crippen LogP contribution in [0.3, 0.4) is 0 Å². The van der Waals surface area contributed by atoms with Crippen LogP contribution in [0.5, 0.6) is 0 Å². The van der Waals surface area contributed by atoms with E-state index in [1.807, 2.05) is 0 Å². The van der Waals surface area contributed by atoms with Gasteiger partial charge >= 0.3 is 0 Å². The first-order valence-corrected chi connectivity index (χ1v) is 6.77. The highest BCUT2D eigenvalue weighted by Crippen LogP contribution is 2.20. The Morgan fingerprint density at radius 2 is 1.71 bits per heavy atom. The van der Waals surface area contributed by atoms with Crippen LogP contribution in [0.2, 0.25) is 0 Å². The first-order chi connectivity index (χ1) is 9.95. The van der Waals surface area contributed by atoms with Crippen molar-refractivity contribution in [3.63, 3.8) is 0 Å². The number of aliphatic hydroxyl groups is 4. The van der Waals surface area contributed by atoms with Crippen LogP contribution in [0.15, 0.2) is 18.2 Å². The molecular formula is C14H19F2NO4. The molecular weight excluding hydrogens is 284 g/mol. The average Bonchev–Trinajstić information content (AvgIpc) is 2.44. The van der Waals surface area contributed by atoms with E-state index in [-0.39, 0.29) is 25.1 Å². The Morgan fingerprint density at radius 3 is 2.29 bits per heavy atom. The molecule has 7 heteroatoms. The van der Waals surface area contributed by atoms with Crippen molar-refractivity contribution in [1.29, 1.82) is 0 Å². The van der Waals surface area contributed by atoms with Crippen molar-refractivity contribution < 1.29 is 29.2 Å². The topological polar surface area (TPSA) is 84.2 Å². The zero-order chi connectivity index (χ0) is 15.6. The molecule has 0 bridgehead atoms. The van der Waals surface area contributed by atoms with Crippen LogP contribution < -0.4 is 0 Å². The standard InChI is InChI=1S/C14H19F2NO4/c15-9-2-1-3-10(16)8(9)4-5-17-6-12(19)14(21)13(20)11(17)7-18/h1-3,11-14,18-21H,4-7H2/t11-,12-,13-,14-/m1/s1. The first kappa shape index (κ1) is 16.3. The van der Waals surface area contributed by atoms with Crippen LogP contribution in [-0.2, 0) is 6.42 Å². The minimum atomic E-state index is -1.34. The molecule has 2 rings (SSSR count). The van der Waals surface area contributed by atoms with Crippen molar-refractivity contribution in [3.05, 3.63) is 35.4 Å². The van der Waals surface area contributed by atoms with Crippen molar-refractivity contribution in [2.24, 2.45) is 0 Å². The van der Waals surface area contributed by atoms with Crippen LogP contribution in [0.1, 0.15) is 5.56 Å². The van der Waals surface area contributed by atoms with Gasteiger partial charge in [0.25, 0.3) is 0 Å². The average molecular weight is 303 g/mol. The Morgan fingerprint density at radius 1 is 1.10 bits per heavy atom. The second-order valence-corrected chi connectivity index (χ2v) is 5.24. The molecule has 1 aliphatic rings. The molecule has 0 amide bonds. The van der Waals surface area contributed by atoms with E-state index in [0.717, 1.165) is 12.1 Å². The molecule has 1 fully saturated rings. The summed E-state index contributed by atoms with van der Waals surface area (Å²) in [5.41, 5.74) is -0.0794. The molecule has 1 aromatic carbocycles. The molecule has 0 unspecified atom stereocenters. The molecule has 4 N–H and O–H groups in total. The highest BCUT2D eigenvalue weighted by Gasteiger charge is 2.40. The van der Waals surface area contributed by atoms with E-state index in [9.17, 15) is 29.2 Å². The molecule has 118 valence electrons. The summed E-state index contributed by atoms with van der Waals surface area (Å²) in [5, 5.41) is 38.4. The maximum Gasteiger partial charge on any atom is 0.129 e. The lowest BCUT2D eigenvalue weighted by molar-refractivity contribution is -0.144. The highest BCUT2D eigenvalue weighted by molar-refractivity contribution is 5.20. The van der Waals surface area contributed by atoms with Gasteiger partial charge in [-0.1, -0.05) is 6.07 Å². The van der Waals surface area contributed by atoms with Gasteiger partial charge in [-0.15, -0.1) is 0 Å². The van der Waals surface area contributed by atoms with Gasteiger partial charge in [-0.25, -0.2) is 8.78 Å². The predicted octanol–water partition coefficient (Wildman–Crippen LogP) is -0.734. The predicted molar refractivity (Wildman–Crippen MR) is 70.5 cm³/mol. The van der Waals surface area contributed by atoms with Crippen molar-refractivity contribution >= 4 is 0 Å². The summed E-state index contributed by atoms with van der Waals surface area (Å²) >= 11 is 0. The molecule has 1 heterocycles. The molecule has 5 nitrogen and oxygen atoms in total. The van der Waals surface area contributed by atoms with Gasteiger partial charge in [0.05, 0.1) is 18.8 Å². The SMILES string of the molecule is OC[C@@H]1[C@@H](O)[C@H](O)[C@H](O)CN1CCc1c(F)cccc1F. The molecule has 21 heavy (non-hydrogen) atoms. The number of hydrogen-bond donors (Lipinski definition) is 4. The second-order valence-electron chi connectivity index (χ2n) is 5.24. The van der Waals surface area contributed by atoms with Crippen LogP contribution in [0, 0.1) is 11.6 Å². The quantitative estimate of drug-likeness (QED) is 0.589. The molecule has 0 saturated carbocycles. The fraction of sp³-hybridized carbons (Fsp3) is 0.571. The zero-order valence-electron chi connectivity index (χ0n) is 11.4. The van der Waals surface area contributed by atoms with Crippen molar-refractivity contribution in [2.75, 3.05) is 19.7 Å². The van der Waals surface area contributed by atoms with Crippen LogP contribution >= 0.6 is 0 Å². The Balaban J connectivity index is 2.07. The third-order valence-corrected chi connectivity index (χ3v) is 3.93. The van der Waals surface area contributed by atoms with Crippen molar-refractivity contribution in [2.45, 2.75) is 30.8 Å². The summed E-state index contributed by atoms with van der Waals surface area (Å²) in [6, 6.07) is 2.81. The molecule has 1 aliphatic heterocycles. The highest BCUT2D eigenvalue weighted by atomic mass is 19.1. The fourth-order valence-electron chi connectivity index (χ4n) is 2.66. The van der Waals surface area contributed by atoms with Gasteiger partial charge < -0.3 is 20.4 Å². The van der Waals surface area contributed by atoms with E-state index in [0.29, 0.717) is 0 Å². The summed E-state index contributed by atoms with van der Waals surface area (Å²) in [6.45, 7) is -0.270. The number of rotatable bonds is 4. The second kappa shape index (κ2) is 6.76. The fourth-order valence-corrected chi connectivity index (χ4v) is 2.66. The summed E-state index contributed by atoms with van der Waals surface area (Å²) in [6.07, 6.45) is -3.80. The lowest BCUT2D eigenvalue weighted by atomic mass is 9.94. The number of halogens is 2. The van der Waals surface area contributed by atoms with Crippen LogP contribution in [0.4, 0.5) is 8.78 Å². The molecule has 0 spiro atoms. The minimum Gasteiger partial charge on any atom is -0.395 e. The Bertz CT molecular complexity index is 468. The number of hydrogen-bond acceptors (Lipinski definition) is 5. The number of benzene rings is 1. The summed E-state index contributed by atoms with van der Waals surface area (Å²) < 4.78 is 27.1. The largest absolute Gasteiger partial charge is 0.395 e. The van der Waals surface area contributed by atoms with Crippen LogP contribution in [0.25, 0.3) is 0 Å². The summed E-state index contributed by atoms with van der Waals surface area (Å²) in [5.74, 6) is -1.32. The lowest BCUT2D eigenvalue weighted by Crippen LogP contribution is -2.62. The Labute approximate surface area is 121 Å². The van der Waals surface area contributed by atoms with Crippen LogP contribution in [-0.4, -0.2) is 69.4 Å². The number of likely N-dealkylation sites (tertiary alicyclic amines) is 1. The third kappa shape index (κ3) is 3.38. The van der Waals surface area contributed by atoms with E-state index in [1.54, 1.807) is 0 Å². The van der Waals surface area contributed by atoms with E-state index < -0.39 is 42.6 Å². The number of aliphatic hydroxyl groups excluding tert-OH is 4. The van der Waals surface area contributed by atoms with Gasteiger partial charge in [-0.05, 0) is 18.6 Å². The number of β-amino-alcohol motifs (C(OH)–C–C–N with tert-alkyl or cyclic N) is 1. The minimum absolute atomic E-state index is 0.0134. The number of nitrogens with zero attached hydrogens (tertiary/aromatic N) is 1. The van der Waals surface area contributed by atoms with Gasteiger partial charge in [0.2, 0.25) is 0 Å². The first-order valence-electron chi connectivity index (χ1n) is 6.77. The third-order valence-electron chi connectivity index (χ3n) is 3.93. The van der Waals surface area contributed by atoms with Gasteiger partial charge in [-0.3, -0.25) is 4.90 Å². The summed E-state index contributed by atoms with van der Waals surface area (Å²) in [7, 11) is 0. The lowest BCUT2D eigenvalue weighted by Gasteiger charge is -2.43. The molecule has 0 aromatic heterocycles. The normalized spacial score (nSPS) is 30.6. The van der Waals surface area contributed by atoms with Crippen molar-refractivity contribution in [3.8, 4) is 0 Å². The van der Waals surface area contributed by atoms with Gasteiger partial charge in [-0.2, -0.15) is 0 Å². The molecule has 0 aliphatic carbocycles. The van der Waals surface area contributed by atoms with Gasteiger partial charge in [0.1, 0.15) is 23.8 Å². The summed E-state index contributed by atoms with van der Waals surface area (Å²) in [4.78, 5) is 1.52. The molecule has 1 aromatic rings. The maximum atomic E-state index is 13.6. The van der Waals surface area contributed by atoms with Gasteiger partial charge in [0.15, 0.2) is 0 Å².